The average molecular weight is 378 g/mol. The number of nitrogens with zero attached hydrogens (tertiary/aromatic N) is 2. The molecule has 1 N–H and O–H groups in total. The number of para-hydroxylation sites is 2. The molecule has 8 heteroatoms. The largest absolute Gasteiger partial charge is 0.495 e. The molecule has 0 fully saturated rings. The third-order valence-electron chi connectivity index (χ3n) is 3.54. The second-order valence-corrected chi connectivity index (χ2v) is 6.05. The van der Waals surface area contributed by atoms with Crippen LogP contribution in [0.3, 0.4) is 0 Å². The molecular formula is C17H13Cl2N3O3. The Balaban J connectivity index is 1.89. The number of rotatable bonds is 4. The first-order chi connectivity index (χ1) is 12.0. The molecular weight excluding hydrogens is 365 g/mol. The molecule has 0 saturated carbocycles. The van der Waals surface area contributed by atoms with Crippen LogP contribution in [-0.2, 0) is 11.3 Å². The molecule has 6 nitrogen and oxygen atoms in total. The molecule has 2 aromatic carbocycles. The van der Waals surface area contributed by atoms with Crippen molar-refractivity contribution in [2.75, 3.05) is 12.4 Å². The molecule has 0 aliphatic heterocycles. The fourth-order valence-corrected chi connectivity index (χ4v) is 2.94. The number of benzene rings is 2. The highest BCUT2D eigenvalue weighted by atomic mass is 35.5. The second kappa shape index (κ2) is 7.13. The van der Waals surface area contributed by atoms with Gasteiger partial charge >= 0.3 is 0 Å². The molecule has 1 heterocycles. The van der Waals surface area contributed by atoms with Crippen LogP contribution in [0.4, 0.5) is 5.69 Å². The van der Waals surface area contributed by atoms with Crippen LogP contribution in [0, 0.1) is 0 Å². The van der Waals surface area contributed by atoms with Crippen molar-refractivity contribution in [3.8, 4) is 5.75 Å². The number of nitrogens with one attached hydrogen (secondary N) is 1. The molecule has 0 bridgehead atoms. The van der Waals surface area contributed by atoms with Gasteiger partial charge in [0.05, 0.1) is 35.1 Å². The van der Waals surface area contributed by atoms with Gasteiger partial charge < -0.3 is 10.1 Å². The Morgan fingerprint density at radius 1 is 1.28 bits per heavy atom. The fourth-order valence-electron chi connectivity index (χ4n) is 2.40. The van der Waals surface area contributed by atoms with E-state index in [1.807, 2.05) is 0 Å². The summed E-state index contributed by atoms with van der Waals surface area (Å²) in [5, 5.41) is 3.57. The van der Waals surface area contributed by atoms with E-state index >= 15 is 0 Å². The van der Waals surface area contributed by atoms with E-state index < -0.39 is 5.56 Å². The van der Waals surface area contributed by atoms with Crippen LogP contribution in [-0.4, -0.2) is 22.6 Å². The van der Waals surface area contributed by atoms with E-state index in [1.165, 1.54) is 30.1 Å². The summed E-state index contributed by atoms with van der Waals surface area (Å²) in [4.78, 5) is 29.0. The molecule has 0 atom stereocenters. The lowest BCUT2D eigenvalue weighted by molar-refractivity contribution is -0.116. The minimum absolute atomic E-state index is 0.204. The van der Waals surface area contributed by atoms with Gasteiger partial charge in [-0.15, -0.1) is 0 Å². The normalized spacial score (nSPS) is 10.7. The first-order valence-electron chi connectivity index (χ1n) is 7.26. The van der Waals surface area contributed by atoms with Crippen molar-refractivity contribution in [1.29, 1.82) is 0 Å². The minimum Gasteiger partial charge on any atom is -0.495 e. The summed E-state index contributed by atoms with van der Waals surface area (Å²) < 4.78 is 6.37. The molecule has 3 rings (SSSR count). The van der Waals surface area contributed by atoms with E-state index in [0.29, 0.717) is 22.0 Å². The van der Waals surface area contributed by atoms with Gasteiger partial charge in [0.2, 0.25) is 5.91 Å². The summed E-state index contributed by atoms with van der Waals surface area (Å²) in [6.07, 6.45) is 1.28. The maximum atomic E-state index is 12.5. The molecule has 0 radical (unpaired) electrons. The number of carbonyl (C=O) groups is 1. The highest BCUT2D eigenvalue weighted by Gasteiger charge is 2.12. The van der Waals surface area contributed by atoms with Crippen molar-refractivity contribution >= 4 is 45.7 Å². The molecule has 1 aromatic heterocycles. The molecule has 0 aliphatic carbocycles. The zero-order valence-corrected chi connectivity index (χ0v) is 14.6. The van der Waals surface area contributed by atoms with Gasteiger partial charge in [-0.1, -0.05) is 35.3 Å². The van der Waals surface area contributed by atoms with E-state index in [0.717, 1.165) is 0 Å². The van der Waals surface area contributed by atoms with Crippen LogP contribution in [0.15, 0.2) is 47.5 Å². The van der Waals surface area contributed by atoms with Gasteiger partial charge in [0.25, 0.3) is 5.56 Å². The highest BCUT2D eigenvalue weighted by Crippen LogP contribution is 2.24. The maximum absolute atomic E-state index is 12.5. The van der Waals surface area contributed by atoms with Crippen LogP contribution in [0.2, 0.25) is 10.0 Å². The van der Waals surface area contributed by atoms with Crippen molar-refractivity contribution in [3.63, 3.8) is 0 Å². The monoisotopic (exact) mass is 377 g/mol. The number of methoxy groups -OCH3 is 1. The molecule has 25 heavy (non-hydrogen) atoms. The van der Waals surface area contributed by atoms with E-state index in [-0.39, 0.29) is 22.9 Å². The molecule has 0 aliphatic rings. The second-order valence-electron chi connectivity index (χ2n) is 5.21. The quantitative estimate of drug-likeness (QED) is 0.756. The number of carbonyl (C=O) groups excluding carboxylic acids is 1. The minimum atomic E-state index is -0.399. The Morgan fingerprint density at radius 2 is 2.04 bits per heavy atom. The van der Waals surface area contributed by atoms with Gasteiger partial charge in [0.1, 0.15) is 12.3 Å². The summed E-state index contributed by atoms with van der Waals surface area (Å²) in [5.74, 6) is 0.138. The number of ether oxygens (including phenoxy) is 1. The van der Waals surface area contributed by atoms with Crippen LogP contribution in [0.25, 0.3) is 10.9 Å². The SMILES string of the molecule is COc1ccccc1NC(=O)Cn1cnc2c(Cl)cc(Cl)cc2c1=O. The molecule has 0 unspecified atom stereocenters. The van der Waals surface area contributed by atoms with Crippen molar-refractivity contribution in [3.05, 3.63) is 63.1 Å². The Hall–Kier alpha value is -2.57. The molecule has 128 valence electrons. The van der Waals surface area contributed by atoms with Gasteiger partial charge in [0.15, 0.2) is 0 Å². The van der Waals surface area contributed by atoms with E-state index in [9.17, 15) is 9.59 Å². The smallest absolute Gasteiger partial charge is 0.261 e. The molecule has 3 aromatic rings. The number of anilines is 1. The molecule has 0 spiro atoms. The van der Waals surface area contributed by atoms with Crippen molar-refractivity contribution in [1.82, 2.24) is 9.55 Å². The average Bonchev–Trinajstić information content (AvgIpc) is 2.58. The standard InChI is InChI=1S/C17H13Cl2N3O3/c1-25-14-5-3-2-4-13(14)21-15(23)8-22-9-20-16-11(17(22)24)6-10(18)7-12(16)19/h2-7,9H,8H2,1H3,(H,21,23). The van der Waals surface area contributed by atoms with Crippen LogP contribution < -0.4 is 15.6 Å². The Morgan fingerprint density at radius 3 is 2.80 bits per heavy atom. The summed E-state index contributed by atoms with van der Waals surface area (Å²) in [7, 11) is 1.51. The number of aromatic nitrogens is 2. The van der Waals surface area contributed by atoms with Crippen molar-refractivity contribution < 1.29 is 9.53 Å². The van der Waals surface area contributed by atoms with Crippen molar-refractivity contribution in [2.24, 2.45) is 0 Å². The summed E-state index contributed by atoms with van der Waals surface area (Å²) in [5.41, 5.74) is 0.463. The number of hydrogen-bond acceptors (Lipinski definition) is 4. The van der Waals surface area contributed by atoms with Gasteiger partial charge in [-0.2, -0.15) is 0 Å². The Bertz CT molecular complexity index is 1020. The zero-order chi connectivity index (χ0) is 18.0. The first kappa shape index (κ1) is 17.3. The van der Waals surface area contributed by atoms with E-state index in [1.54, 1.807) is 24.3 Å². The Kier molecular flexibility index (Phi) is 4.92. The summed E-state index contributed by atoms with van der Waals surface area (Å²) in [6, 6.07) is 9.98. The lowest BCUT2D eigenvalue weighted by Gasteiger charge is -2.11. The van der Waals surface area contributed by atoms with Crippen molar-refractivity contribution in [2.45, 2.75) is 6.54 Å². The summed E-state index contributed by atoms with van der Waals surface area (Å²) >= 11 is 12.0. The van der Waals surface area contributed by atoms with E-state index in [2.05, 4.69) is 10.3 Å². The lowest BCUT2D eigenvalue weighted by Crippen LogP contribution is -2.28. The zero-order valence-electron chi connectivity index (χ0n) is 13.1. The third-order valence-corrected chi connectivity index (χ3v) is 4.05. The number of fused-ring (bicyclic) bond motifs is 1. The molecule has 1 amide bonds. The number of hydrogen-bond donors (Lipinski definition) is 1. The van der Waals surface area contributed by atoms with Crippen LogP contribution in [0.1, 0.15) is 0 Å². The highest BCUT2D eigenvalue weighted by molar-refractivity contribution is 6.38. The number of halogens is 2. The maximum Gasteiger partial charge on any atom is 0.261 e. The predicted octanol–water partition coefficient (Wildman–Crippen LogP) is 3.35. The van der Waals surface area contributed by atoms with Crippen LogP contribution in [0.5, 0.6) is 5.75 Å². The Labute approximate surface area is 153 Å². The van der Waals surface area contributed by atoms with Gasteiger partial charge in [-0.3, -0.25) is 14.2 Å². The third kappa shape index (κ3) is 3.60. The number of amides is 1. The lowest BCUT2D eigenvalue weighted by atomic mass is 10.2. The van der Waals surface area contributed by atoms with Gasteiger partial charge in [-0.25, -0.2) is 4.98 Å². The first-order valence-corrected chi connectivity index (χ1v) is 8.02. The molecule has 0 saturated heterocycles. The topological polar surface area (TPSA) is 73.2 Å². The van der Waals surface area contributed by atoms with Gasteiger partial charge in [0, 0.05) is 5.02 Å². The fraction of sp³-hybridized carbons (Fsp3) is 0.118. The predicted molar refractivity (Wildman–Crippen MR) is 97.6 cm³/mol. The van der Waals surface area contributed by atoms with Gasteiger partial charge in [-0.05, 0) is 24.3 Å². The van der Waals surface area contributed by atoms with Crippen LogP contribution >= 0.6 is 23.2 Å². The summed E-state index contributed by atoms with van der Waals surface area (Å²) in [6.45, 7) is -0.204. The van der Waals surface area contributed by atoms with E-state index in [4.69, 9.17) is 27.9 Å².